The third kappa shape index (κ3) is 2.72. The Labute approximate surface area is 90.3 Å². The lowest BCUT2D eigenvalue weighted by Gasteiger charge is -2.24. The summed E-state index contributed by atoms with van der Waals surface area (Å²) in [6.45, 7) is 2.86. The molecule has 0 spiro atoms. The third-order valence-electron chi connectivity index (χ3n) is 2.47. The van der Waals surface area contributed by atoms with Crippen LogP contribution >= 0.6 is 12.6 Å². The van der Waals surface area contributed by atoms with Gasteiger partial charge in [-0.25, -0.2) is 4.39 Å². The van der Waals surface area contributed by atoms with Gasteiger partial charge in [-0.2, -0.15) is 12.6 Å². The van der Waals surface area contributed by atoms with Crippen LogP contribution in [0.25, 0.3) is 0 Å². The van der Waals surface area contributed by atoms with Gasteiger partial charge in [-0.1, -0.05) is 18.2 Å². The molecule has 1 rings (SSSR count). The Hall–Kier alpha value is -0.540. The molecule has 1 unspecified atom stereocenters. The third-order valence-corrected chi connectivity index (χ3v) is 2.67. The Morgan fingerprint density at radius 2 is 2.07 bits per heavy atom. The molecule has 3 heteroatoms. The van der Waals surface area contributed by atoms with E-state index < -0.39 is 0 Å². The zero-order valence-electron chi connectivity index (χ0n) is 8.57. The molecule has 1 atom stereocenters. The maximum absolute atomic E-state index is 13.4. The van der Waals surface area contributed by atoms with Crippen LogP contribution in [0, 0.1) is 5.82 Å². The fraction of sp³-hybridized carbons (Fsp3) is 0.455. The Bertz CT molecular complexity index is 290. The van der Waals surface area contributed by atoms with Crippen molar-refractivity contribution in [1.82, 2.24) is 4.90 Å². The number of nitrogens with zero attached hydrogens (tertiary/aromatic N) is 1. The molecule has 0 saturated heterocycles. The smallest absolute Gasteiger partial charge is 0.127 e. The van der Waals surface area contributed by atoms with E-state index in [1.807, 2.05) is 26.1 Å². The normalized spacial score (nSPS) is 13.2. The molecule has 1 nitrogen and oxygen atoms in total. The highest BCUT2D eigenvalue weighted by molar-refractivity contribution is 7.80. The monoisotopic (exact) mass is 213 g/mol. The Morgan fingerprint density at radius 1 is 1.43 bits per heavy atom. The molecule has 0 aliphatic heterocycles. The van der Waals surface area contributed by atoms with Crippen molar-refractivity contribution in [3.05, 3.63) is 35.6 Å². The molecule has 0 heterocycles. The number of thiol groups is 1. The van der Waals surface area contributed by atoms with Crippen molar-refractivity contribution in [3.63, 3.8) is 0 Å². The van der Waals surface area contributed by atoms with E-state index in [9.17, 15) is 4.39 Å². The average Bonchev–Trinajstić information content (AvgIpc) is 2.18. The van der Waals surface area contributed by atoms with E-state index in [2.05, 4.69) is 17.5 Å². The number of rotatable bonds is 4. The molecule has 0 aliphatic rings. The topological polar surface area (TPSA) is 3.24 Å². The summed E-state index contributed by atoms with van der Waals surface area (Å²) in [5, 5.41) is 0. The van der Waals surface area contributed by atoms with E-state index in [1.165, 1.54) is 6.07 Å². The number of hydrogen-bond acceptors (Lipinski definition) is 2. The lowest BCUT2D eigenvalue weighted by Crippen LogP contribution is -2.25. The van der Waals surface area contributed by atoms with E-state index >= 15 is 0 Å². The van der Waals surface area contributed by atoms with Gasteiger partial charge >= 0.3 is 0 Å². The van der Waals surface area contributed by atoms with Gasteiger partial charge in [-0.3, -0.25) is 4.90 Å². The fourth-order valence-corrected chi connectivity index (χ4v) is 1.72. The molecule has 0 amide bonds. The second-order valence-corrected chi connectivity index (χ2v) is 3.85. The van der Waals surface area contributed by atoms with Gasteiger partial charge in [0.25, 0.3) is 0 Å². The molecule has 0 radical (unpaired) electrons. The molecule has 14 heavy (non-hydrogen) atoms. The van der Waals surface area contributed by atoms with Gasteiger partial charge in [0, 0.05) is 23.9 Å². The molecular formula is C11H16FNS. The minimum atomic E-state index is -0.133. The van der Waals surface area contributed by atoms with Crippen molar-refractivity contribution in [1.29, 1.82) is 0 Å². The fourth-order valence-electron chi connectivity index (χ4n) is 1.40. The van der Waals surface area contributed by atoms with Crippen LogP contribution in [0.4, 0.5) is 4.39 Å². The summed E-state index contributed by atoms with van der Waals surface area (Å²) < 4.78 is 13.4. The van der Waals surface area contributed by atoms with Crippen molar-refractivity contribution < 1.29 is 4.39 Å². The second-order valence-electron chi connectivity index (χ2n) is 3.40. The molecule has 0 aromatic heterocycles. The van der Waals surface area contributed by atoms with Crippen LogP contribution < -0.4 is 0 Å². The quantitative estimate of drug-likeness (QED) is 0.753. The van der Waals surface area contributed by atoms with Gasteiger partial charge in [-0.15, -0.1) is 0 Å². The summed E-state index contributed by atoms with van der Waals surface area (Å²) >= 11 is 4.16. The lowest BCUT2D eigenvalue weighted by atomic mass is 10.1. The summed E-state index contributed by atoms with van der Waals surface area (Å²) in [4.78, 5) is 2.09. The highest BCUT2D eigenvalue weighted by Gasteiger charge is 2.13. The van der Waals surface area contributed by atoms with E-state index in [1.54, 1.807) is 6.07 Å². The molecule has 0 fully saturated rings. The SMILES string of the molecule is CC(c1ccccc1F)N(C)CCS. The van der Waals surface area contributed by atoms with Crippen LogP contribution in [0.5, 0.6) is 0 Å². The molecule has 0 saturated carbocycles. The van der Waals surface area contributed by atoms with Crippen molar-refractivity contribution in [2.45, 2.75) is 13.0 Å². The van der Waals surface area contributed by atoms with Gasteiger partial charge < -0.3 is 0 Å². The molecule has 0 bridgehead atoms. The minimum Gasteiger partial charge on any atom is -0.299 e. The van der Waals surface area contributed by atoms with Gasteiger partial charge in [0.15, 0.2) is 0 Å². The Kier molecular flexibility index (Phi) is 4.42. The zero-order valence-corrected chi connectivity index (χ0v) is 9.47. The zero-order chi connectivity index (χ0) is 10.6. The van der Waals surface area contributed by atoms with Crippen LogP contribution in [-0.4, -0.2) is 24.2 Å². The summed E-state index contributed by atoms with van der Waals surface area (Å²) in [6.07, 6.45) is 0. The molecule has 1 aromatic rings. The van der Waals surface area contributed by atoms with Gasteiger partial charge in [0.05, 0.1) is 0 Å². The second kappa shape index (κ2) is 5.37. The summed E-state index contributed by atoms with van der Waals surface area (Å²) in [5.74, 6) is 0.654. The largest absolute Gasteiger partial charge is 0.299 e. The van der Waals surface area contributed by atoms with Crippen LogP contribution in [-0.2, 0) is 0 Å². The first-order chi connectivity index (χ1) is 6.66. The predicted molar refractivity (Wildman–Crippen MR) is 61.3 cm³/mol. The van der Waals surface area contributed by atoms with Crippen LogP contribution in [0.1, 0.15) is 18.5 Å². The van der Waals surface area contributed by atoms with Gasteiger partial charge in [0.1, 0.15) is 5.82 Å². The first-order valence-electron chi connectivity index (χ1n) is 4.72. The molecule has 1 aromatic carbocycles. The van der Waals surface area contributed by atoms with Gasteiger partial charge in [-0.05, 0) is 20.0 Å². The van der Waals surface area contributed by atoms with Gasteiger partial charge in [0.2, 0.25) is 0 Å². The van der Waals surface area contributed by atoms with Crippen molar-refractivity contribution in [2.75, 3.05) is 19.3 Å². The molecule has 78 valence electrons. The van der Waals surface area contributed by atoms with Crippen molar-refractivity contribution >= 4 is 12.6 Å². The van der Waals surface area contributed by atoms with Crippen molar-refractivity contribution in [3.8, 4) is 0 Å². The first-order valence-corrected chi connectivity index (χ1v) is 5.35. The van der Waals surface area contributed by atoms with Crippen molar-refractivity contribution in [2.24, 2.45) is 0 Å². The average molecular weight is 213 g/mol. The van der Waals surface area contributed by atoms with E-state index in [4.69, 9.17) is 0 Å². The molecular weight excluding hydrogens is 197 g/mol. The van der Waals surface area contributed by atoms with Crippen LogP contribution in [0.2, 0.25) is 0 Å². The summed E-state index contributed by atoms with van der Waals surface area (Å²) in [6, 6.07) is 7.01. The van der Waals surface area contributed by atoms with E-state index in [0.29, 0.717) is 0 Å². The Morgan fingerprint density at radius 3 is 2.64 bits per heavy atom. The van der Waals surface area contributed by atoms with Crippen LogP contribution in [0.15, 0.2) is 24.3 Å². The number of halogens is 1. The standard InChI is InChI=1S/C11H16FNS/c1-9(13(2)7-8-14)10-5-3-4-6-11(10)12/h3-6,9,14H,7-8H2,1-2H3. The van der Waals surface area contributed by atoms with Crippen LogP contribution in [0.3, 0.4) is 0 Å². The maximum Gasteiger partial charge on any atom is 0.127 e. The molecule has 0 N–H and O–H groups in total. The summed E-state index contributed by atoms with van der Waals surface area (Å²) in [5.41, 5.74) is 0.747. The number of hydrogen-bond donors (Lipinski definition) is 1. The predicted octanol–water partition coefficient (Wildman–Crippen LogP) is 2.75. The lowest BCUT2D eigenvalue weighted by molar-refractivity contribution is 0.272. The maximum atomic E-state index is 13.4. The minimum absolute atomic E-state index is 0.100. The Balaban J connectivity index is 2.78. The highest BCUT2D eigenvalue weighted by atomic mass is 32.1. The van der Waals surface area contributed by atoms with E-state index in [-0.39, 0.29) is 11.9 Å². The summed E-state index contributed by atoms with van der Waals surface area (Å²) in [7, 11) is 1.98. The molecule has 0 aliphatic carbocycles. The number of benzene rings is 1. The van der Waals surface area contributed by atoms with E-state index in [0.717, 1.165) is 17.9 Å². The first kappa shape index (κ1) is 11.5. The highest BCUT2D eigenvalue weighted by Crippen LogP contribution is 2.20.